The smallest absolute Gasteiger partial charge is 0.121 e. The molecule has 102 valence electrons. The Labute approximate surface area is 115 Å². The number of aryl methyl sites for hydroxylation is 2. The van der Waals surface area contributed by atoms with Crippen LogP contribution in [-0.2, 0) is 12.8 Å². The topological polar surface area (TPSA) is 25.2 Å². The van der Waals surface area contributed by atoms with Gasteiger partial charge in [0.2, 0.25) is 0 Å². The van der Waals surface area contributed by atoms with Crippen LogP contribution < -0.4 is 5.32 Å². The van der Waals surface area contributed by atoms with E-state index in [-0.39, 0.29) is 6.04 Å². The van der Waals surface area contributed by atoms with Crippen molar-refractivity contribution >= 4 is 0 Å². The summed E-state index contributed by atoms with van der Waals surface area (Å²) in [5.41, 5.74) is 2.65. The molecule has 2 rings (SSSR count). The Balaban J connectivity index is 2.15. The summed E-state index contributed by atoms with van der Waals surface area (Å²) in [4.78, 5) is 0. The summed E-state index contributed by atoms with van der Waals surface area (Å²) in [5.74, 6) is 2.10. The zero-order chi connectivity index (χ0) is 13.7. The second-order valence-electron chi connectivity index (χ2n) is 4.96. The van der Waals surface area contributed by atoms with Gasteiger partial charge in [-0.15, -0.1) is 0 Å². The molecule has 1 N–H and O–H groups in total. The molecule has 0 aliphatic carbocycles. The maximum Gasteiger partial charge on any atom is 0.121 e. The highest BCUT2D eigenvalue weighted by Crippen LogP contribution is 2.21. The van der Waals surface area contributed by atoms with Crippen molar-refractivity contribution in [3.05, 3.63) is 59.0 Å². The van der Waals surface area contributed by atoms with Crippen LogP contribution in [0.1, 0.15) is 42.5 Å². The average Bonchev–Trinajstić information content (AvgIpc) is 2.87. The van der Waals surface area contributed by atoms with Gasteiger partial charge in [-0.3, -0.25) is 0 Å². The van der Waals surface area contributed by atoms with E-state index < -0.39 is 0 Å². The Morgan fingerprint density at radius 1 is 1.16 bits per heavy atom. The molecule has 19 heavy (non-hydrogen) atoms. The van der Waals surface area contributed by atoms with Crippen LogP contribution in [0.3, 0.4) is 0 Å². The van der Waals surface area contributed by atoms with Gasteiger partial charge in [-0.25, -0.2) is 0 Å². The monoisotopic (exact) mass is 257 g/mol. The SMILES string of the molecule is CCNC(Cc1cccc(C)c1)c1ccc(CC)o1. The first kappa shape index (κ1) is 13.9. The lowest BCUT2D eigenvalue weighted by Crippen LogP contribution is -2.22. The van der Waals surface area contributed by atoms with E-state index in [0.717, 1.165) is 30.9 Å². The van der Waals surface area contributed by atoms with Gasteiger partial charge in [-0.1, -0.05) is 43.7 Å². The number of furan rings is 1. The van der Waals surface area contributed by atoms with E-state index in [2.05, 4.69) is 62.5 Å². The van der Waals surface area contributed by atoms with Crippen molar-refractivity contribution in [1.29, 1.82) is 0 Å². The Morgan fingerprint density at radius 2 is 2.00 bits per heavy atom. The maximum atomic E-state index is 5.89. The molecule has 0 fully saturated rings. The van der Waals surface area contributed by atoms with Crippen LogP contribution in [0, 0.1) is 6.92 Å². The van der Waals surface area contributed by atoms with Gasteiger partial charge in [-0.05, 0) is 37.6 Å². The summed E-state index contributed by atoms with van der Waals surface area (Å²) in [6.45, 7) is 7.32. The first-order valence-electron chi connectivity index (χ1n) is 7.10. The molecular weight excluding hydrogens is 234 g/mol. The van der Waals surface area contributed by atoms with Crippen LogP contribution in [0.25, 0.3) is 0 Å². The highest BCUT2D eigenvalue weighted by Gasteiger charge is 2.15. The Kier molecular flexibility index (Phi) is 4.80. The molecule has 2 aromatic rings. The molecule has 0 amide bonds. The first-order chi connectivity index (χ1) is 9.22. The number of likely N-dealkylation sites (N-methyl/N-ethyl adjacent to an activating group) is 1. The van der Waals surface area contributed by atoms with E-state index in [1.165, 1.54) is 11.1 Å². The zero-order valence-electron chi connectivity index (χ0n) is 12.1. The van der Waals surface area contributed by atoms with Crippen LogP contribution in [0.4, 0.5) is 0 Å². The first-order valence-corrected chi connectivity index (χ1v) is 7.10. The predicted octanol–water partition coefficient (Wildman–Crippen LogP) is 4.04. The van der Waals surface area contributed by atoms with Crippen molar-refractivity contribution in [2.24, 2.45) is 0 Å². The van der Waals surface area contributed by atoms with Gasteiger partial charge in [0.15, 0.2) is 0 Å². The molecular formula is C17H23NO. The molecule has 0 radical (unpaired) electrons. The minimum absolute atomic E-state index is 0.257. The standard InChI is InChI=1S/C17H23NO/c1-4-15-9-10-17(19-15)16(18-5-2)12-14-8-6-7-13(3)11-14/h6-11,16,18H,4-5,12H2,1-3H3. The molecule has 0 saturated heterocycles. The van der Waals surface area contributed by atoms with E-state index in [4.69, 9.17) is 4.42 Å². The van der Waals surface area contributed by atoms with Gasteiger partial charge in [0.25, 0.3) is 0 Å². The molecule has 1 heterocycles. The number of hydrogen-bond acceptors (Lipinski definition) is 2. The van der Waals surface area contributed by atoms with Gasteiger partial charge in [-0.2, -0.15) is 0 Å². The zero-order valence-corrected chi connectivity index (χ0v) is 12.1. The van der Waals surface area contributed by atoms with Crippen molar-refractivity contribution in [3.63, 3.8) is 0 Å². The average molecular weight is 257 g/mol. The van der Waals surface area contributed by atoms with Crippen molar-refractivity contribution in [1.82, 2.24) is 5.32 Å². The van der Waals surface area contributed by atoms with Crippen LogP contribution >= 0.6 is 0 Å². The highest BCUT2D eigenvalue weighted by atomic mass is 16.3. The fraction of sp³-hybridized carbons (Fsp3) is 0.412. The van der Waals surface area contributed by atoms with Crippen LogP contribution in [-0.4, -0.2) is 6.54 Å². The van der Waals surface area contributed by atoms with Crippen molar-refractivity contribution in [3.8, 4) is 0 Å². The fourth-order valence-electron chi connectivity index (χ4n) is 2.37. The number of rotatable bonds is 6. The molecule has 1 aromatic heterocycles. The van der Waals surface area contributed by atoms with Crippen molar-refractivity contribution in [2.75, 3.05) is 6.54 Å². The third-order valence-corrected chi connectivity index (χ3v) is 3.35. The molecule has 1 atom stereocenters. The van der Waals surface area contributed by atoms with E-state index in [1.54, 1.807) is 0 Å². The van der Waals surface area contributed by atoms with E-state index in [1.807, 2.05) is 0 Å². The minimum atomic E-state index is 0.257. The minimum Gasteiger partial charge on any atom is -0.464 e. The largest absolute Gasteiger partial charge is 0.464 e. The van der Waals surface area contributed by atoms with E-state index in [0.29, 0.717) is 0 Å². The Morgan fingerprint density at radius 3 is 2.63 bits per heavy atom. The molecule has 0 saturated carbocycles. The summed E-state index contributed by atoms with van der Waals surface area (Å²) in [7, 11) is 0. The molecule has 0 spiro atoms. The van der Waals surface area contributed by atoms with Gasteiger partial charge in [0.05, 0.1) is 6.04 Å². The molecule has 0 bridgehead atoms. The van der Waals surface area contributed by atoms with Crippen molar-refractivity contribution in [2.45, 2.75) is 39.7 Å². The number of nitrogens with one attached hydrogen (secondary N) is 1. The molecule has 1 unspecified atom stereocenters. The molecule has 0 aliphatic heterocycles. The lowest BCUT2D eigenvalue weighted by atomic mass is 10.0. The highest BCUT2D eigenvalue weighted by molar-refractivity contribution is 5.24. The summed E-state index contributed by atoms with van der Waals surface area (Å²) >= 11 is 0. The van der Waals surface area contributed by atoms with Gasteiger partial charge in [0, 0.05) is 6.42 Å². The van der Waals surface area contributed by atoms with Gasteiger partial charge in [0.1, 0.15) is 11.5 Å². The lowest BCUT2D eigenvalue weighted by Gasteiger charge is -2.16. The van der Waals surface area contributed by atoms with Gasteiger partial charge < -0.3 is 9.73 Å². The molecule has 2 nitrogen and oxygen atoms in total. The molecule has 0 aliphatic rings. The van der Waals surface area contributed by atoms with Crippen molar-refractivity contribution < 1.29 is 4.42 Å². The molecule has 2 heteroatoms. The third kappa shape index (κ3) is 3.71. The Hall–Kier alpha value is -1.54. The lowest BCUT2D eigenvalue weighted by molar-refractivity contribution is 0.396. The number of benzene rings is 1. The van der Waals surface area contributed by atoms with Gasteiger partial charge >= 0.3 is 0 Å². The summed E-state index contributed by atoms with van der Waals surface area (Å²) in [5, 5.41) is 3.51. The van der Waals surface area contributed by atoms with Crippen LogP contribution in [0.15, 0.2) is 40.8 Å². The second-order valence-corrected chi connectivity index (χ2v) is 4.96. The van der Waals surface area contributed by atoms with E-state index in [9.17, 15) is 0 Å². The maximum absolute atomic E-state index is 5.89. The normalized spacial score (nSPS) is 12.6. The fourth-order valence-corrected chi connectivity index (χ4v) is 2.37. The van der Waals surface area contributed by atoms with Crippen LogP contribution in [0.2, 0.25) is 0 Å². The Bertz CT molecular complexity index is 515. The quantitative estimate of drug-likeness (QED) is 0.844. The third-order valence-electron chi connectivity index (χ3n) is 3.35. The summed E-state index contributed by atoms with van der Waals surface area (Å²) in [6.07, 6.45) is 1.91. The summed E-state index contributed by atoms with van der Waals surface area (Å²) < 4.78 is 5.89. The number of hydrogen-bond donors (Lipinski definition) is 1. The van der Waals surface area contributed by atoms with E-state index >= 15 is 0 Å². The molecule has 1 aromatic carbocycles. The predicted molar refractivity (Wildman–Crippen MR) is 79.4 cm³/mol. The second kappa shape index (κ2) is 6.58. The van der Waals surface area contributed by atoms with Crippen LogP contribution in [0.5, 0.6) is 0 Å². The summed E-state index contributed by atoms with van der Waals surface area (Å²) in [6, 6.07) is 13.1.